The van der Waals surface area contributed by atoms with Crippen LogP contribution in [0.3, 0.4) is 0 Å². The monoisotopic (exact) mass is 173 g/mol. The second-order valence-corrected chi connectivity index (χ2v) is 3.91. The Balaban J connectivity index is 2.13. The molecular weight excluding hydrogens is 162 g/mol. The summed E-state index contributed by atoms with van der Waals surface area (Å²) in [5.41, 5.74) is 0.207. The summed E-state index contributed by atoms with van der Waals surface area (Å²) in [7, 11) is 0. The van der Waals surface area contributed by atoms with Crippen LogP contribution in [0.2, 0.25) is 0 Å². The quantitative estimate of drug-likeness (QED) is 0.407. The fourth-order valence-corrected chi connectivity index (χ4v) is 2.58. The maximum Gasteiger partial charge on any atom is 0.316 e. The second-order valence-electron chi connectivity index (χ2n) is 3.59. The fourth-order valence-electron chi connectivity index (χ4n) is 2.32. The summed E-state index contributed by atoms with van der Waals surface area (Å²) in [6, 6.07) is 0. The van der Waals surface area contributed by atoms with Crippen molar-refractivity contribution in [2.45, 2.75) is 37.6 Å². The van der Waals surface area contributed by atoms with Gasteiger partial charge in [0.05, 0.1) is 0 Å². The molecule has 1 spiro atoms. The third-order valence-corrected chi connectivity index (χ3v) is 3.30. The third kappa shape index (κ3) is 0.959. The van der Waals surface area contributed by atoms with Crippen molar-refractivity contribution >= 4 is 17.0 Å². The van der Waals surface area contributed by atoms with E-state index in [-0.39, 0.29) is 10.9 Å². The molecule has 0 atom stereocenters. The number of rotatable bonds is 0. The Labute approximate surface area is 71.5 Å². The first-order valence-electron chi connectivity index (χ1n) is 4.22. The zero-order valence-corrected chi connectivity index (χ0v) is 7.23. The van der Waals surface area contributed by atoms with E-state index in [4.69, 9.17) is 11.6 Å². The maximum absolute atomic E-state index is 10.9. The molecule has 2 nitrogen and oxygen atoms in total. The van der Waals surface area contributed by atoms with E-state index in [9.17, 15) is 4.79 Å². The van der Waals surface area contributed by atoms with Crippen molar-refractivity contribution in [2.24, 2.45) is 0 Å². The number of amides is 1. The number of carbonyl (C=O) groups excluding carboxylic acids is 1. The van der Waals surface area contributed by atoms with Gasteiger partial charge in [-0.2, -0.15) is 0 Å². The van der Waals surface area contributed by atoms with E-state index >= 15 is 0 Å². The summed E-state index contributed by atoms with van der Waals surface area (Å²) >= 11 is 5.47. The van der Waals surface area contributed by atoms with Crippen LogP contribution in [0.15, 0.2) is 0 Å². The van der Waals surface area contributed by atoms with Gasteiger partial charge in [0.2, 0.25) is 0 Å². The Hall–Kier alpha value is -0.240. The predicted molar refractivity (Wildman–Crippen MR) is 43.8 cm³/mol. The average Bonchev–Trinajstić information content (AvgIpc) is 2.27. The van der Waals surface area contributed by atoms with Crippen molar-refractivity contribution in [1.29, 1.82) is 0 Å². The van der Waals surface area contributed by atoms with E-state index in [2.05, 4.69) is 0 Å². The smallest absolute Gasteiger partial charge is 0.316 e. The Morgan fingerprint density at radius 2 is 1.91 bits per heavy atom. The van der Waals surface area contributed by atoms with E-state index in [1.165, 1.54) is 25.7 Å². The Morgan fingerprint density at radius 1 is 1.27 bits per heavy atom. The molecule has 0 N–H and O–H groups in total. The van der Waals surface area contributed by atoms with E-state index in [1.54, 1.807) is 0 Å². The molecule has 1 aliphatic heterocycles. The van der Waals surface area contributed by atoms with Crippen molar-refractivity contribution in [3.8, 4) is 0 Å². The van der Waals surface area contributed by atoms with Crippen molar-refractivity contribution in [2.75, 3.05) is 6.54 Å². The first-order valence-corrected chi connectivity index (χ1v) is 4.60. The molecule has 1 aliphatic carbocycles. The highest BCUT2D eigenvalue weighted by Gasteiger charge is 2.47. The first-order chi connectivity index (χ1) is 5.25. The number of carbonyl (C=O) groups is 1. The minimum absolute atomic E-state index is 0.207. The molecule has 11 heavy (non-hydrogen) atoms. The molecule has 1 saturated heterocycles. The lowest BCUT2D eigenvalue weighted by Gasteiger charge is -2.44. The predicted octanol–water partition coefficient (Wildman–Crippen LogP) is 2.36. The minimum atomic E-state index is -0.248. The summed E-state index contributed by atoms with van der Waals surface area (Å²) in [4.78, 5) is 12.8. The topological polar surface area (TPSA) is 20.3 Å². The highest BCUT2D eigenvalue weighted by Crippen LogP contribution is 2.45. The summed E-state index contributed by atoms with van der Waals surface area (Å²) in [6.07, 6.45) is 5.92. The molecule has 1 saturated carbocycles. The van der Waals surface area contributed by atoms with Crippen molar-refractivity contribution in [3.63, 3.8) is 0 Å². The van der Waals surface area contributed by atoms with Crippen LogP contribution in [-0.2, 0) is 0 Å². The van der Waals surface area contributed by atoms with Crippen LogP contribution in [0.25, 0.3) is 0 Å². The highest BCUT2D eigenvalue weighted by atomic mass is 35.5. The molecule has 0 bridgehead atoms. The van der Waals surface area contributed by atoms with Gasteiger partial charge in [-0.25, -0.2) is 0 Å². The van der Waals surface area contributed by atoms with Gasteiger partial charge in [0, 0.05) is 12.1 Å². The molecule has 2 rings (SSSR count). The van der Waals surface area contributed by atoms with Crippen LogP contribution < -0.4 is 0 Å². The molecular formula is C8H12ClNO. The molecule has 0 radical (unpaired) electrons. The van der Waals surface area contributed by atoms with Gasteiger partial charge in [-0.15, -0.1) is 0 Å². The van der Waals surface area contributed by atoms with E-state index in [0.29, 0.717) is 0 Å². The zero-order valence-electron chi connectivity index (χ0n) is 6.48. The molecule has 2 aliphatic rings. The second kappa shape index (κ2) is 2.37. The van der Waals surface area contributed by atoms with Crippen molar-refractivity contribution < 1.29 is 4.79 Å². The molecule has 1 heterocycles. The minimum Gasteiger partial charge on any atom is -0.324 e. The lowest BCUT2D eigenvalue weighted by Crippen LogP contribution is -2.50. The normalized spacial score (nSPS) is 27.2. The molecule has 62 valence electrons. The van der Waals surface area contributed by atoms with Gasteiger partial charge in [0.15, 0.2) is 0 Å². The number of likely N-dealkylation sites (tertiary alicyclic amines) is 1. The number of nitrogens with zero attached hydrogens (tertiary/aromatic N) is 1. The van der Waals surface area contributed by atoms with Crippen LogP contribution in [0, 0.1) is 0 Å². The lowest BCUT2D eigenvalue weighted by atomic mass is 9.75. The summed E-state index contributed by atoms with van der Waals surface area (Å²) < 4.78 is 0. The van der Waals surface area contributed by atoms with Gasteiger partial charge in [-0.3, -0.25) is 4.79 Å². The molecule has 1 amide bonds. The first kappa shape index (κ1) is 7.41. The number of halogens is 1. The van der Waals surface area contributed by atoms with Crippen molar-refractivity contribution in [3.05, 3.63) is 0 Å². The molecule has 0 unspecified atom stereocenters. The molecule has 0 aromatic carbocycles. The lowest BCUT2D eigenvalue weighted by molar-refractivity contribution is 0.0935. The van der Waals surface area contributed by atoms with Crippen LogP contribution in [0.1, 0.15) is 32.1 Å². The SMILES string of the molecule is O=C(Cl)N1CCCC12CCC2. The Bertz CT molecular complexity index is 189. The van der Waals surface area contributed by atoms with Gasteiger partial charge >= 0.3 is 5.37 Å². The van der Waals surface area contributed by atoms with E-state index in [0.717, 1.165) is 13.0 Å². The van der Waals surface area contributed by atoms with Crippen LogP contribution in [0.4, 0.5) is 4.79 Å². The fraction of sp³-hybridized carbons (Fsp3) is 0.875. The largest absolute Gasteiger partial charge is 0.324 e. The summed E-state index contributed by atoms with van der Waals surface area (Å²) in [5.74, 6) is 0. The van der Waals surface area contributed by atoms with E-state index in [1.807, 2.05) is 4.90 Å². The Kier molecular flexibility index (Phi) is 1.60. The number of hydrogen-bond acceptors (Lipinski definition) is 1. The van der Waals surface area contributed by atoms with Gasteiger partial charge in [-0.1, -0.05) is 0 Å². The number of hydrogen-bond donors (Lipinski definition) is 0. The Morgan fingerprint density at radius 3 is 2.27 bits per heavy atom. The van der Waals surface area contributed by atoms with Gasteiger partial charge in [0.25, 0.3) is 0 Å². The molecule has 2 fully saturated rings. The highest BCUT2D eigenvalue weighted by molar-refractivity contribution is 6.62. The standard InChI is InChI=1S/C8H12ClNO/c9-7(11)10-6-2-5-8(10)3-1-4-8/h1-6H2. The molecule has 0 aromatic rings. The molecule has 3 heteroatoms. The van der Waals surface area contributed by atoms with Crippen molar-refractivity contribution in [1.82, 2.24) is 4.90 Å². The van der Waals surface area contributed by atoms with Gasteiger partial charge in [0.1, 0.15) is 0 Å². The van der Waals surface area contributed by atoms with Crippen LogP contribution in [-0.4, -0.2) is 22.3 Å². The maximum atomic E-state index is 10.9. The molecule has 0 aromatic heterocycles. The summed E-state index contributed by atoms with van der Waals surface area (Å²) in [6.45, 7) is 0.877. The van der Waals surface area contributed by atoms with Gasteiger partial charge < -0.3 is 4.90 Å². The summed E-state index contributed by atoms with van der Waals surface area (Å²) in [5, 5.41) is -0.248. The zero-order chi connectivity index (χ0) is 7.90. The average molecular weight is 174 g/mol. The third-order valence-electron chi connectivity index (χ3n) is 3.09. The van der Waals surface area contributed by atoms with Crippen LogP contribution in [0.5, 0.6) is 0 Å². The van der Waals surface area contributed by atoms with Gasteiger partial charge in [-0.05, 0) is 43.7 Å². The van der Waals surface area contributed by atoms with E-state index < -0.39 is 0 Å². The van der Waals surface area contributed by atoms with Crippen LogP contribution >= 0.6 is 11.6 Å².